The van der Waals surface area contributed by atoms with Crippen LogP contribution in [0.5, 0.6) is 0 Å². The highest BCUT2D eigenvalue weighted by Crippen LogP contribution is 2.06. The van der Waals surface area contributed by atoms with E-state index in [1.807, 2.05) is 25.9 Å². The quantitative estimate of drug-likeness (QED) is 0.702. The topological polar surface area (TPSA) is 33.5 Å². The average molecular weight is 204 g/mol. The van der Waals surface area contributed by atoms with E-state index in [1.54, 1.807) is 12.1 Å². The Morgan fingerprint density at radius 1 is 1.46 bits per heavy atom. The summed E-state index contributed by atoms with van der Waals surface area (Å²) in [6.07, 6.45) is 0. The van der Waals surface area contributed by atoms with E-state index in [0.29, 0.717) is 12.3 Å². The van der Waals surface area contributed by atoms with Gasteiger partial charge in [-0.05, 0) is 33.2 Å². The number of hydrogen-bond acceptors (Lipinski definition) is 3. The summed E-state index contributed by atoms with van der Waals surface area (Å²) in [6, 6.07) is 3.50. The van der Waals surface area contributed by atoms with E-state index in [9.17, 15) is 4.79 Å². The maximum atomic E-state index is 11.3. The van der Waals surface area contributed by atoms with Gasteiger partial charge in [-0.2, -0.15) is 0 Å². The number of likely N-dealkylation sites (N-methyl/N-ethyl adjacent to an activating group) is 1. The minimum absolute atomic E-state index is 0. The lowest BCUT2D eigenvalue weighted by Gasteiger charge is -2.05. The summed E-state index contributed by atoms with van der Waals surface area (Å²) >= 11 is 0. The van der Waals surface area contributed by atoms with Crippen LogP contribution in [0.2, 0.25) is 0 Å². The Morgan fingerprint density at radius 3 is 2.46 bits per heavy atom. The number of ketones is 1. The second kappa shape index (κ2) is 5.04. The molecule has 1 rings (SSSR count). The zero-order valence-electron chi connectivity index (χ0n) is 8.03. The largest absolute Gasteiger partial charge is 0.458 e. The molecule has 0 saturated carbocycles. The van der Waals surface area contributed by atoms with Crippen LogP contribution < -0.4 is 0 Å². The highest BCUT2D eigenvalue weighted by Gasteiger charge is 2.09. The van der Waals surface area contributed by atoms with Crippen molar-refractivity contribution in [2.75, 3.05) is 20.6 Å². The van der Waals surface area contributed by atoms with Gasteiger partial charge in [0.15, 0.2) is 5.76 Å². The zero-order chi connectivity index (χ0) is 9.14. The van der Waals surface area contributed by atoms with Gasteiger partial charge in [0, 0.05) is 0 Å². The molecule has 1 aromatic rings. The molecule has 0 fully saturated rings. The number of nitrogens with zero attached hydrogens (tertiary/aromatic N) is 1. The molecule has 0 saturated heterocycles. The minimum atomic E-state index is 0. The van der Waals surface area contributed by atoms with Gasteiger partial charge in [0.1, 0.15) is 5.76 Å². The Morgan fingerprint density at radius 2 is 2.08 bits per heavy atom. The molecule has 0 spiro atoms. The van der Waals surface area contributed by atoms with Gasteiger partial charge in [-0.1, -0.05) is 0 Å². The number of Topliss-reactive ketones (excluding diaryl/α,β-unsaturated/α-hetero) is 1. The van der Waals surface area contributed by atoms with Crippen LogP contribution in [-0.2, 0) is 0 Å². The Balaban J connectivity index is 0.00000144. The summed E-state index contributed by atoms with van der Waals surface area (Å²) < 4.78 is 5.17. The van der Waals surface area contributed by atoms with Gasteiger partial charge in [0.05, 0.1) is 6.54 Å². The number of hydrogen-bond donors (Lipinski definition) is 0. The van der Waals surface area contributed by atoms with Crippen LogP contribution >= 0.6 is 12.4 Å². The van der Waals surface area contributed by atoms with Crippen molar-refractivity contribution in [2.45, 2.75) is 6.92 Å². The van der Waals surface area contributed by atoms with Crippen LogP contribution in [0.25, 0.3) is 0 Å². The summed E-state index contributed by atoms with van der Waals surface area (Å²) in [5.74, 6) is 1.24. The Labute approximate surface area is 84.1 Å². The van der Waals surface area contributed by atoms with Crippen molar-refractivity contribution in [3.63, 3.8) is 0 Å². The highest BCUT2D eigenvalue weighted by molar-refractivity contribution is 5.95. The van der Waals surface area contributed by atoms with E-state index < -0.39 is 0 Å². The SMILES string of the molecule is Cc1ccc(C(=O)CN(C)C)o1.Cl. The standard InChI is InChI=1S/C9H13NO2.ClH/c1-7-4-5-9(12-7)8(11)6-10(2)3;/h4-5H,6H2,1-3H3;1H. The fourth-order valence-electron chi connectivity index (χ4n) is 0.950. The molecule has 0 aliphatic carbocycles. The van der Waals surface area contributed by atoms with E-state index in [4.69, 9.17) is 4.42 Å². The first-order valence-corrected chi connectivity index (χ1v) is 3.84. The number of furan rings is 1. The molecule has 0 aliphatic heterocycles. The molecule has 13 heavy (non-hydrogen) atoms. The minimum Gasteiger partial charge on any atom is -0.458 e. The molecule has 1 aromatic heterocycles. The number of halogens is 1. The smallest absolute Gasteiger partial charge is 0.211 e. The van der Waals surface area contributed by atoms with E-state index in [1.165, 1.54) is 0 Å². The molecule has 0 aromatic carbocycles. The summed E-state index contributed by atoms with van der Waals surface area (Å²) in [4.78, 5) is 13.2. The van der Waals surface area contributed by atoms with Gasteiger partial charge in [0.2, 0.25) is 5.78 Å². The van der Waals surface area contributed by atoms with Gasteiger partial charge in [-0.25, -0.2) is 0 Å². The first-order valence-electron chi connectivity index (χ1n) is 3.84. The lowest BCUT2D eigenvalue weighted by molar-refractivity contribution is 0.0929. The fourth-order valence-corrected chi connectivity index (χ4v) is 0.950. The van der Waals surface area contributed by atoms with Crippen molar-refractivity contribution < 1.29 is 9.21 Å². The van der Waals surface area contributed by atoms with Crippen molar-refractivity contribution in [2.24, 2.45) is 0 Å². The van der Waals surface area contributed by atoms with Crippen molar-refractivity contribution in [1.82, 2.24) is 4.90 Å². The van der Waals surface area contributed by atoms with Gasteiger partial charge >= 0.3 is 0 Å². The maximum Gasteiger partial charge on any atom is 0.211 e. The Bertz CT molecular complexity index is 281. The predicted molar refractivity (Wildman–Crippen MR) is 53.6 cm³/mol. The molecule has 4 heteroatoms. The average Bonchev–Trinajstić information content (AvgIpc) is 2.34. The van der Waals surface area contributed by atoms with Crippen molar-refractivity contribution in [3.05, 3.63) is 23.7 Å². The summed E-state index contributed by atoms with van der Waals surface area (Å²) in [5, 5.41) is 0. The third kappa shape index (κ3) is 3.61. The fraction of sp³-hybridized carbons (Fsp3) is 0.444. The van der Waals surface area contributed by atoms with Gasteiger partial charge in [-0.3, -0.25) is 4.79 Å². The molecule has 0 amide bonds. The second-order valence-corrected chi connectivity index (χ2v) is 3.07. The Kier molecular flexibility index (Phi) is 4.73. The predicted octanol–water partition coefficient (Wildman–Crippen LogP) is 1.75. The molecule has 0 N–H and O–H groups in total. The molecule has 74 valence electrons. The molecule has 0 aliphatic rings. The van der Waals surface area contributed by atoms with Crippen LogP contribution in [0.15, 0.2) is 16.5 Å². The van der Waals surface area contributed by atoms with Crippen LogP contribution in [0.3, 0.4) is 0 Å². The molecule has 0 radical (unpaired) electrons. The highest BCUT2D eigenvalue weighted by atomic mass is 35.5. The summed E-state index contributed by atoms with van der Waals surface area (Å²) in [7, 11) is 3.71. The van der Waals surface area contributed by atoms with Crippen molar-refractivity contribution in [1.29, 1.82) is 0 Å². The van der Waals surface area contributed by atoms with Crippen LogP contribution in [-0.4, -0.2) is 31.3 Å². The molecular formula is C9H14ClNO2. The van der Waals surface area contributed by atoms with Crippen LogP contribution in [0.1, 0.15) is 16.3 Å². The van der Waals surface area contributed by atoms with Crippen LogP contribution in [0, 0.1) is 6.92 Å². The number of rotatable bonds is 3. The molecule has 0 bridgehead atoms. The van der Waals surface area contributed by atoms with Gasteiger partial charge < -0.3 is 9.32 Å². The molecular weight excluding hydrogens is 190 g/mol. The molecule has 1 heterocycles. The van der Waals surface area contributed by atoms with E-state index in [-0.39, 0.29) is 18.2 Å². The molecule has 3 nitrogen and oxygen atoms in total. The van der Waals surface area contributed by atoms with Crippen molar-refractivity contribution >= 4 is 18.2 Å². The van der Waals surface area contributed by atoms with E-state index in [0.717, 1.165) is 5.76 Å². The van der Waals surface area contributed by atoms with Gasteiger partial charge in [0.25, 0.3) is 0 Å². The third-order valence-electron chi connectivity index (χ3n) is 1.48. The van der Waals surface area contributed by atoms with E-state index >= 15 is 0 Å². The first-order chi connectivity index (χ1) is 5.59. The molecule has 0 unspecified atom stereocenters. The first kappa shape index (κ1) is 12.2. The monoisotopic (exact) mass is 203 g/mol. The maximum absolute atomic E-state index is 11.3. The lowest BCUT2D eigenvalue weighted by Crippen LogP contribution is -2.21. The lowest BCUT2D eigenvalue weighted by atomic mass is 10.3. The normalized spacial score (nSPS) is 9.85. The van der Waals surface area contributed by atoms with Crippen LogP contribution in [0.4, 0.5) is 0 Å². The van der Waals surface area contributed by atoms with Crippen molar-refractivity contribution in [3.8, 4) is 0 Å². The van der Waals surface area contributed by atoms with E-state index in [2.05, 4.69) is 0 Å². The second-order valence-electron chi connectivity index (χ2n) is 3.07. The summed E-state index contributed by atoms with van der Waals surface area (Å²) in [5.41, 5.74) is 0. The number of aryl methyl sites for hydroxylation is 1. The zero-order valence-corrected chi connectivity index (χ0v) is 8.85. The Hall–Kier alpha value is -0.800. The number of carbonyl (C=O) groups is 1. The third-order valence-corrected chi connectivity index (χ3v) is 1.48. The van der Waals surface area contributed by atoms with Gasteiger partial charge in [-0.15, -0.1) is 12.4 Å². The number of carbonyl (C=O) groups excluding carboxylic acids is 1. The molecule has 0 atom stereocenters. The summed E-state index contributed by atoms with van der Waals surface area (Å²) in [6.45, 7) is 2.22.